The molecule has 6 heteroatoms. The summed E-state index contributed by atoms with van der Waals surface area (Å²) in [6, 6.07) is 10.5. The van der Waals surface area contributed by atoms with E-state index in [0.29, 0.717) is 36.2 Å². The van der Waals surface area contributed by atoms with Crippen LogP contribution in [-0.4, -0.2) is 14.5 Å². The van der Waals surface area contributed by atoms with Gasteiger partial charge in [0.1, 0.15) is 17.9 Å². The third kappa shape index (κ3) is 3.44. The normalized spacial score (nSPS) is 15.3. The van der Waals surface area contributed by atoms with Gasteiger partial charge in [-0.25, -0.2) is 18.7 Å². The van der Waals surface area contributed by atoms with Gasteiger partial charge in [0, 0.05) is 18.7 Å². The molecule has 1 aliphatic carbocycles. The van der Waals surface area contributed by atoms with Crippen molar-refractivity contribution in [1.82, 2.24) is 14.5 Å². The van der Waals surface area contributed by atoms with Gasteiger partial charge in [-0.05, 0) is 66.1 Å². The number of fused-ring (bicyclic) bond motifs is 2. The van der Waals surface area contributed by atoms with Gasteiger partial charge in [0.25, 0.3) is 0 Å². The molecule has 0 fully saturated rings. The minimum Gasteiger partial charge on any atom is -0.473 e. The third-order valence-electron chi connectivity index (χ3n) is 6.32. The largest absolute Gasteiger partial charge is 0.473 e. The van der Waals surface area contributed by atoms with Crippen molar-refractivity contribution < 1.29 is 13.5 Å². The smallest absolute Gasteiger partial charge is 0.213 e. The van der Waals surface area contributed by atoms with Crippen LogP contribution in [0.15, 0.2) is 42.6 Å². The van der Waals surface area contributed by atoms with Gasteiger partial charge in [0.2, 0.25) is 5.88 Å². The van der Waals surface area contributed by atoms with Gasteiger partial charge in [-0.2, -0.15) is 0 Å². The molecule has 2 aromatic heterocycles. The third-order valence-corrected chi connectivity index (χ3v) is 6.32. The van der Waals surface area contributed by atoms with Crippen molar-refractivity contribution in [1.29, 1.82) is 0 Å². The number of ether oxygens (including phenoxy) is 1. The standard InChI is InChI=1S/C26H25F2N3O/c1-4-23-30-21-9-8-20(27)25(28)26(21)31(23)22-7-5-6-17(16(22)3)14-32-24-12-18-10-15(2)11-19(18)13-29-24/h5-9,12-13,15H,4,10-11,14H2,1-3H3. The molecule has 1 aliphatic rings. The van der Waals surface area contributed by atoms with Gasteiger partial charge in [-0.15, -0.1) is 0 Å². The summed E-state index contributed by atoms with van der Waals surface area (Å²) in [5.74, 6) is 0.171. The molecule has 2 heterocycles. The summed E-state index contributed by atoms with van der Waals surface area (Å²) in [6.45, 7) is 6.50. The Hall–Kier alpha value is -3.28. The lowest BCUT2D eigenvalue weighted by molar-refractivity contribution is 0.293. The van der Waals surface area contributed by atoms with E-state index in [1.807, 2.05) is 44.3 Å². The summed E-state index contributed by atoms with van der Waals surface area (Å²) in [7, 11) is 0. The highest BCUT2D eigenvalue weighted by Gasteiger charge is 2.21. The number of hydrogen-bond acceptors (Lipinski definition) is 3. The van der Waals surface area contributed by atoms with Crippen molar-refractivity contribution in [2.24, 2.45) is 5.92 Å². The van der Waals surface area contributed by atoms with E-state index in [1.54, 1.807) is 4.57 Å². The molecule has 164 valence electrons. The van der Waals surface area contributed by atoms with Crippen molar-refractivity contribution in [3.05, 3.63) is 82.3 Å². The molecule has 0 aliphatic heterocycles. The van der Waals surface area contributed by atoms with Crippen LogP contribution in [0.3, 0.4) is 0 Å². The SMILES string of the molecule is CCc1nc2ccc(F)c(F)c2n1-c1cccc(COc2cc3c(cn2)CC(C)C3)c1C. The second kappa shape index (κ2) is 8.01. The van der Waals surface area contributed by atoms with E-state index in [9.17, 15) is 8.78 Å². The van der Waals surface area contributed by atoms with Crippen LogP contribution in [0, 0.1) is 24.5 Å². The minimum atomic E-state index is -0.882. The summed E-state index contributed by atoms with van der Waals surface area (Å²) >= 11 is 0. The first-order chi connectivity index (χ1) is 15.5. The zero-order valence-electron chi connectivity index (χ0n) is 18.5. The molecule has 2 aromatic carbocycles. The molecule has 0 spiro atoms. The van der Waals surface area contributed by atoms with Crippen molar-refractivity contribution in [2.75, 3.05) is 0 Å². The van der Waals surface area contributed by atoms with E-state index in [4.69, 9.17) is 4.74 Å². The lowest BCUT2D eigenvalue weighted by Crippen LogP contribution is -2.07. The Kier molecular flexibility index (Phi) is 5.16. The Bertz CT molecular complexity index is 1330. The van der Waals surface area contributed by atoms with Crippen LogP contribution in [0.2, 0.25) is 0 Å². The predicted molar refractivity (Wildman–Crippen MR) is 120 cm³/mol. The number of halogens is 2. The number of hydrogen-bond donors (Lipinski definition) is 0. The van der Waals surface area contributed by atoms with E-state index < -0.39 is 11.6 Å². The van der Waals surface area contributed by atoms with Crippen LogP contribution in [0.5, 0.6) is 5.88 Å². The number of pyridine rings is 1. The number of aryl methyl sites for hydroxylation is 1. The Morgan fingerprint density at radius 2 is 1.94 bits per heavy atom. The first kappa shape index (κ1) is 20.6. The van der Waals surface area contributed by atoms with Gasteiger partial charge in [0.15, 0.2) is 11.6 Å². The van der Waals surface area contributed by atoms with Crippen LogP contribution in [0.4, 0.5) is 8.78 Å². The number of benzene rings is 2. The molecule has 0 bridgehead atoms. The highest BCUT2D eigenvalue weighted by atomic mass is 19.2. The number of aromatic nitrogens is 3. The topological polar surface area (TPSA) is 39.9 Å². The summed E-state index contributed by atoms with van der Waals surface area (Å²) in [6.07, 6.45) is 4.63. The fraction of sp³-hybridized carbons (Fsp3) is 0.308. The summed E-state index contributed by atoms with van der Waals surface area (Å²) < 4.78 is 36.5. The molecular formula is C26H25F2N3O. The zero-order chi connectivity index (χ0) is 22.4. The lowest BCUT2D eigenvalue weighted by atomic mass is 10.1. The molecule has 0 radical (unpaired) electrons. The van der Waals surface area contributed by atoms with E-state index in [2.05, 4.69) is 16.9 Å². The molecule has 1 unspecified atom stereocenters. The Labute approximate surface area is 185 Å². The maximum absolute atomic E-state index is 14.8. The Morgan fingerprint density at radius 1 is 1.12 bits per heavy atom. The lowest BCUT2D eigenvalue weighted by Gasteiger charge is -2.16. The number of imidazole rings is 1. The number of rotatable bonds is 5. The van der Waals surface area contributed by atoms with Gasteiger partial charge < -0.3 is 4.74 Å². The maximum atomic E-state index is 14.8. The minimum absolute atomic E-state index is 0.164. The Morgan fingerprint density at radius 3 is 2.75 bits per heavy atom. The molecule has 4 nitrogen and oxygen atoms in total. The molecule has 32 heavy (non-hydrogen) atoms. The van der Waals surface area contributed by atoms with Crippen molar-refractivity contribution in [2.45, 2.75) is 46.6 Å². The summed E-state index contributed by atoms with van der Waals surface area (Å²) in [4.78, 5) is 8.99. The summed E-state index contributed by atoms with van der Waals surface area (Å²) in [5, 5.41) is 0. The molecule has 0 amide bonds. The van der Waals surface area contributed by atoms with Crippen LogP contribution in [-0.2, 0) is 25.9 Å². The van der Waals surface area contributed by atoms with Crippen molar-refractivity contribution >= 4 is 11.0 Å². The van der Waals surface area contributed by atoms with Gasteiger partial charge >= 0.3 is 0 Å². The second-order valence-corrected chi connectivity index (χ2v) is 8.60. The van der Waals surface area contributed by atoms with E-state index in [0.717, 1.165) is 35.7 Å². The van der Waals surface area contributed by atoms with Crippen LogP contribution >= 0.6 is 0 Å². The molecule has 4 aromatic rings. The highest BCUT2D eigenvalue weighted by molar-refractivity contribution is 5.79. The quantitative estimate of drug-likeness (QED) is 0.394. The van der Waals surface area contributed by atoms with Gasteiger partial charge in [0.05, 0.1) is 11.2 Å². The fourth-order valence-corrected chi connectivity index (χ4v) is 4.65. The van der Waals surface area contributed by atoms with Gasteiger partial charge in [-0.3, -0.25) is 4.57 Å². The van der Waals surface area contributed by atoms with E-state index >= 15 is 0 Å². The second-order valence-electron chi connectivity index (χ2n) is 8.60. The Balaban J connectivity index is 1.50. The molecule has 0 saturated heterocycles. The highest BCUT2D eigenvalue weighted by Crippen LogP contribution is 2.30. The molecule has 0 saturated carbocycles. The zero-order valence-corrected chi connectivity index (χ0v) is 18.5. The van der Waals surface area contributed by atoms with Crippen LogP contribution in [0.1, 0.15) is 41.9 Å². The van der Waals surface area contributed by atoms with Crippen molar-refractivity contribution in [3.63, 3.8) is 0 Å². The fourth-order valence-electron chi connectivity index (χ4n) is 4.65. The summed E-state index contributed by atoms with van der Waals surface area (Å²) in [5.41, 5.74) is 5.87. The van der Waals surface area contributed by atoms with E-state index in [1.165, 1.54) is 17.2 Å². The van der Waals surface area contributed by atoms with Crippen LogP contribution < -0.4 is 4.74 Å². The first-order valence-electron chi connectivity index (χ1n) is 11.0. The monoisotopic (exact) mass is 433 g/mol. The molecular weight excluding hydrogens is 408 g/mol. The predicted octanol–water partition coefficient (Wildman–Crippen LogP) is 5.88. The van der Waals surface area contributed by atoms with Crippen molar-refractivity contribution in [3.8, 4) is 11.6 Å². The average Bonchev–Trinajstić information content (AvgIpc) is 3.35. The first-order valence-corrected chi connectivity index (χ1v) is 11.0. The maximum Gasteiger partial charge on any atom is 0.213 e. The molecule has 5 rings (SSSR count). The molecule has 0 N–H and O–H groups in total. The number of nitrogens with zero attached hydrogens (tertiary/aromatic N) is 3. The van der Waals surface area contributed by atoms with Gasteiger partial charge in [-0.1, -0.05) is 26.0 Å². The molecule has 1 atom stereocenters. The van der Waals surface area contributed by atoms with E-state index in [-0.39, 0.29) is 5.52 Å². The van der Waals surface area contributed by atoms with Crippen LogP contribution in [0.25, 0.3) is 16.7 Å². The average molecular weight is 434 g/mol.